The molecule has 1 N–H and O–H groups in total. The van der Waals surface area contributed by atoms with Crippen LogP contribution in [0, 0.1) is 25.6 Å². The van der Waals surface area contributed by atoms with E-state index in [0.29, 0.717) is 56.5 Å². The summed E-state index contributed by atoms with van der Waals surface area (Å²) in [6, 6.07) is 11.3. The van der Waals surface area contributed by atoms with Crippen LogP contribution in [-0.4, -0.2) is 32.8 Å². The number of hydrogen-bond acceptors (Lipinski definition) is 6. The number of benzene rings is 2. The van der Waals surface area contributed by atoms with Gasteiger partial charge in [-0.15, -0.1) is 0 Å². The Kier molecular flexibility index (Phi) is 6.29. The van der Waals surface area contributed by atoms with Crippen LogP contribution in [-0.2, 0) is 4.74 Å². The zero-order chi connectivity index (χ0) is 26.3. The monoisotopic (exact) mass is 501 g/mol. The van der Waals surface area contributed by atoms with Crippen LogP contribution in [0.3, 0.4) is 0 Å². The van der Waals surface area contributed by atoms with Crippen molar-refractivity contribution in [3.05, 3.63) is 94.4 Å². The van der Waals surface area contributed by atoms with Crippen LogP contribution in [0.1, 0.15) is 51.7 Å². The number of anilines is 2. The number of rotatable bonds is 5. The van der Waals surface area contributed by atoms with E-state index in [1.807, 2.05) is 13.0 Å². The third-order valence-electron chi connectivity index (χ3n) is 6.56. The average molecular weight is 502 g/mol. The molecule has 1 aliphatic rings. The van der Waals surface area contributed by atoms with Crippen LogP contribution < -0.4 is 5.32 Å². The van der Waals surface area contributed by atoms with E-state index in [1.165, 1.54) is 31.6 Å². The molecule has 2 atom stereocenters. The maximum absolute atomic E-state index is 15.6. The van der Waals surface area contributed by atoms with Crippen LogP contribution in [0.4, 0.5) is 20.3 Å². The normalized spacial score (nSPS) is 16.6. The van der Waals surface area contributed by atoms with Gasteiger partial charge >= 0.3 is 5.97 Å². The van der Waals surface area contributed by atoms with E-state index in [-0.39, 0.29) is 5.82 Å². The van der Waals surface area contributed by atoms with Crippen molar-refractivity contribution in [1.29, 1.82) is 0 Å². The highest BCUT2D eigenvalue weighted by Crippen LogP contribution is 2.46. The number of alkyl halides is 1. The first-order chi connectivity index (χ1) is 17.8. The molecular weight excluding hydrogens is 476 g/mol. The van der Waals surface area contributed by atoms with E-state index in [1.54, 1.807) is 48.9 Å². The second-order valence-corrected chi connectivity index (χ2v) is 8.93. The fraction of sp³-hybridized carbons (Fsp3) is 0.214. The lowest BCUT2D eigenvalue weighted by molar-refractivity contribution is 0.0602. The first-order valence-electron chi connectivity index (χ1n) is 11.8. The second kappa shape index (κ2) is 9.57. The molecule has 0 radical (unpaired) electrons. The first-order valence-corrected chi connectivity index (χ1v) is 11.8. The maximum Gasteiger partial charge on any atom is 0.339 e. The topological polar surface area (TPSA) is 81.9 Å². The fourth-order valence-electron chi connectivity index (χ4n) is 4.68. The van der Waals surface area contributed by atoms with Gasteiger partial charge in [0.25, 0.3) is 0 Å². The van der Waals surface area contributed by atoms with Crippen LogP contribution in [0.25, 0.3) is 17.3 Å². The molecule has 5 rings (SSSR count). The van der Waals surface area contributed by atoms with Crippen molar-refractivity contribution in [3.63, 3.8) is 0 Å². The predicted octanol–water partition coefficient (Wildman–Crippen LogP) is 6.15. The van der Waals surface area contributed by atoms with Crippen molar-refractivity contribution in [3.8, 4) is 5.69 Å². The Morgan fingerprint density at radius 2 is 1.86 bits per heavy atom. The molecule has 2 aromatic heterocycles. The number of halogens is 2. The number of nitrogens with one attached hydrogen (secondary N) is 1. The highest BCUT2D eigenvalue weighted by molar-refractivity contribution is 5.98. The lowest BCUT2D eigenvalue weighted by Gasteiger charge is -2.26. The van der Waals surface area contributed by atoms with Gasteiger partial charge in [-0.2, -0.15) is 5.10 Å². The molecule has 0 bridgehead atoms. The third kappa shape index (κ3) is 4.26. The third-order valence-corrected chi connectivity index (χ3v) is 6.56. The Morgan fingerprint density at radius 1 is 1.11 bits per heavy atom. The predicted molar refractivity (Wildman–Crippen MR) is 137 cm³/mol. The minimum absolute atomic E-state index is 0.295. The number of ether oxygens (including phenoxy) is 1. The number of aryl methyl sites for hydroxylation is 2. The minimum atomic E-state index is -1.37. The molecule has 0 spiro atoms. The summed E-state index contributed by atoms with van der Waals surface area (Å²) >= 11 is 0. The number of methoxy groups -OCH3 is 1. The van der Waals surface area contributed by atoms with Gasteiger partial charge in [0.1, 0.15) is 17.3 Å². The Bertz CT molecular complexity index is 1550. The molecular formula is C28H25F2N5O2. The molecule has 2 unspecified atom stereocenters. The highest BCUT2D eigenvalue weighted by atomic mass is 19.1. The molecule has 1 aliphatic carbocycles. The summed E-state index contributed by atoms with van der Waals surface area (Å²) in [5.41, 5.74) is 4.81. The molecule has 0 amide bonds. The number of esters is 1. The number of para-hydroxylation sites is 1. The Morgan fingerprint density at radius 3 is 2.62 bits per heavy atom. The number of aromatic nitrogens is 4. The van der Waals surface area contributed by atoms with Crippen LogP contribution in [0.5, 0.6) is 0 Å². The lowest BCUT2D eigenvalue weighted by Crippen LogP contribution is -2.17. The van der Waals surface area contributed by atoms with E-state index >= 15 is 4.39 Å². The summed E-state index contributed by atoms with van der Waals surface area (Å²) < 4.78 is 36.1. The molecule has 2 aromatic carbocycles. The zero-order valence-electron chi connectivity index (χ0n) is 20.8. The quantitative estimate of drug-likeness (QED) is 0.331. The van der Waals surface area contributed by atoms with Gasteiger partial charge in [-0.25, -0.2) is 18.3 Å². The molecule has 37 heavy (non-hydrogen) atoms. The van der Waals surface area contributed by atoms with Crippen LogP contribution in [0.2, 0.25) is 0 Å². The standard InChI is InChI=1S/C28H25F2N5O2/c1-15-13-18(29)9-10-23(15)35-27(33-21-8-6-5-7-19(21)28(36)37-4)24(17(3)34-35)20-14-22-26(25(30)16(20)2)32-12-11-31-22/h5-14,16,25,33H,1-4H3. The fourth-order valence-corrected chi connectivity index (χ4v) is 4.68. The molecule has 188 valence electrons. The van der Waals surface area contributed by atoms with Crippen LogP contribution in [0.15, 0.2) is 54.9 Å². The van der Waals surface area contributed by atoms with E-state index in [2.05, 4.69) is 15.3 Å². The van der Waals surface area contributed by atoms with Crippen molar-refractivity contribution < 1.29 is 18.3 Å². The lowest BCUT2D eigenvalue weighted by atomic mass is 9.83. The van der Waals surface area contributed by atoms with E-state index < -0.39 is 18.1 Å². The zero-order valence-corrected chi connectivity index (χ0v) is 20.8. The maximum atomic E-state index is 15.6. The van der Waals surface area contributed by atoms with Gasteiger partial charge in [-0.05, 0) is 61.4 Å². The highest BCUT2D eigenvalue weighted by Gasteiger charge is 2.34. The SMILES string of the molecule is COC(=O)c1ccccc1Nc1c(C2=Cc3nccnc3C(F)C2C)c(C)nn1-c1ccc(F)cc1C. The molecule has 9 heteroatoms. The number of carbonyl (C=O) groups is 1. The number of allylic oxidation sites excluding steroid dienone is 1. The van der Waals surface area contributed by atoms with Gasteiger partial charge in [-0.1, -0.05) is 19.1 Å². The van der Waals surface area contributed by atoms with Crippen molar-refractivity contribution in [2.24, 2.45) is 5.92 Å². The van der Waals surface area contributed by atoms with Gasteiger partial charge in [0.2, 0.25) is 0 Å². The average Bonchev–Trinajstić information content (AvgIpc) is 3.21. The first kappa shape index (κ1) is 24.3. The van der Waals surface area contributed by atoms with Crippen molar-refractivity contribution in [2.45, 2.75) is 26.9 Å². The Hall–Kier alpha value is -4.40. The largest absolute Gasteiger partial charge is 0.465 e. The molecule has 0 fully saturated rings. The number of fused-ring (bicyclic) bond motifs is 1. The minimum Gasteiger partial charge on any atom is -0.465 e. The number of nitrogens with zero attached hydrogens (tertiary/aromatic N) is 4. The summed E-state index contributed by atoms with van der Waals surface area (Å²) in [7, 11) is 1.31. The Labute approximate surface area is 212 Å². The number of carbonyl (C=O) groups excluding carboxylic acids is 1. The summed E-state index contributed by atoms with van der Waals surface area (Å²) in [5.74, 6) is -0.925. The molecule has 0 saturated heterocycles. The van der Waals surface area contributed by atoms with Gasteiger partial charge in [0.05, 0.1) is 35.4 Å². The molecule has 2 heterocycles. The van der Waals surface area contributed by atoms with Gasteiger partial charge in [0, 0.05) is 23.9 Å². The molecule has 4 aromatic rings. The molecule has 7 nitrogen and oxygen atoms in total. The van der Waals surface area contributed by atoms with Gasteiger partial charge in [-0.3, -0.25) is 9.97 Å². The molecule has 0 saturated carbocycles. The Balaban J connectivity index is 1.76. The smallest absolute Gasteiger partial charge is 0.339 e. The number of hydrogen-bond donors (Lipinski definition) is 1. The summed E-state index contributed by atoms with van der Waals surface area (Å²) in [4.78, 5) is 21.0. The second-order valence-electron chi connectivity index (χ2n) is 8.93. The van der Waals surface area contributed by atoms with Gasteiger partial charge < -0.3 is 10.1 Å². The van der Waals surface area contributed by atoms with Crippen molar-refractivity contribution >= 4 is 29.1 Å². The summed E-state index contributed by atoms with van der Waals surface area (Å²) in [5, 5.41) is 8.12. The summed E-state index contributed by atoms with van der Waals surface area (Å²) in [6.45, 7) is 5.41. The van der Waals surface area contributed by atoms with Crippen LogP contribution >= 0.6 is 0 Å². The van der Waals surface area contributed by atoms with E-state index in [9.17, 15) is 9.18 Å². The van der Waals surface area contributed by atoms with E-state index in [4.69, 9.17) is 9.84 Å². The van der Waals surface area contributed by atoms with Crippen molar-refractivity contribution in [2.75, 3.05) is 12.4 Å². The van der Waals surface area contributed by atoms with Crippen molar-refractivity contribution in [1.82, 2.24) is 19.7 Å². The molecule has 0 aliphatic heterocycles. The summed E-state index contributed by atoms with van der Waals surface area (Å²) in [6.07, 6.45) is 3.47. The van der Waals surface area contributed by atoms with Gasteiger partial charge in [0.15, 0.2) is 6.17 Å². The van der Waals surface area contributed by atoms with E-state index in [0.717, 1.165) is 0 Å².